The highest BCUT2D eigenvalue weighted by Gasteiger charge is 2.36. The Hall–Kier alpha value is -0.620. The molecule has 6 heteroatoms. The van der Waals surface area contributed by atoms with Gasteiger partial charge >= 0.3 is 11.9 Å². The van der Waals surface area contributed by atoms with E-state index in [0.717, 1.165) is 0 Å². The number of ether oxygens (including phenoxy) is 1. The number of aliphatic hydroxyl groups is 1. The summed E-state index contributed by atoms with van der Waals surface area (Å²) in [6.45, 7) is 3.55. The molecule has 5 nitrogen and oxygen atoms in total. The van der Waals surface area contributed by atoms with Gasteiger partial charge in [-0.1, -0.05) is 15.9 Å². The monoisotopic (exact) mass is 282 g/mol. The van der Waals surface area contributed by atoms with Gasteiger partial charge in [0.2, 0.25) is 0 Å². The summed E-state index contributed by atoms with van der Waals surface area (Å²) in [5.41, 5.74) is -1.45. The van der Waals surface area contributed by atoms with Crippen molar-refractivity contribution >= 4 is 27.9 Å². The van der Waals surface area contributed by atoms with Gasteiger partial charge in [-0.2, -0.15) is 0 Å². The molecule has 0 aliphatic carbocycles. The molecule has 0 aromatic carbocycles. The molecule has 2 N–H and O–H groups in total. The zero-order chi connectivity index (χ0) is 12.3. The molecule has 88 valence electrons. The molecule has 0 fully saturated rings. The third kappa shape index (κ3) is 4.17. The Morgan fingerprint density at radius 2 is 1.80 bits per heavy atom. The quantitative estimate of drug-likeness (QED) is 0.575. The zero-order valence-electron chi connectivity index (χ0n) is 8.91. The maximum atomic E-state index is 11.3. The molecule has 1 unspecified atom stereocenters. The normalized spacial score (nSPS) is 15.5. The molecule has 0 heterocycles. The van der Waals surface area contributed by atoms with Crippen LogP contribution in [-0.4, -0.2) is 39.7 Å². The van der Waals surface area contributed by atoms with Crippen molar-refractivity contribution in [2.24, 2.45) is 5.41 Å². The first-order valence-electron chi connectivity index (χ1n) is 4.34. The van der Waals surface area contributed by atoms with E-state index in [1.807, 2.05) is 0 Å². The van der Waals surface area contributed by atoms with Gasteiger partial charge in [-0.3, -0.25) is 9.59 Å². The highest BCUT2D eigenvalue weighted by atomic mass is 79.9. The lowest BCUT2D eigenvalue weighted by Gasteiger charge is -2.23. The first kappa shape index (κ1) is 14.4. The molecule has 0 spiro atoms. The third-order valence-electron chi connectivity index (χ3n) is 1.87. The van der Waals surface area contributed by atoms with E-state index in [1.165, 1.54) is 6.92 Å². The van der Waals surface area contributed by atoms with Crippen molar-refractivity contribution in [2.75, 3.05) is 13.2 Å². The minimum absolute atomic E-state index is 0.354. The summed E-state index contributed by atoms with van der Waals surface area (Å²) in [6.07, 6.45) is 0. The Balaban J connectivity index is 4.38. The van der Waals surface area contributed by atoms with Crippen LogP contribution in [0.25, 0.3) is 0 Å². The van der Waals surface area contributed by atoms with Gasteiger partial charge in [0.1, 0.15) is 16.3 Å². The highest BCUT2D eigenvalue weighted by Crippen LogP contribution is 2.21. The molecular formula is C9H15BrO5. The summed E-state index contributed by atoms with van der Waals surface area (Å²) in [5.74, 6) is -1.77. The lowest BCUT2D eigenvalue weighted by molar-refractivity contribution is -0.161. The smallest absolute Gasteiger partial charge is 0.322 e. The SMILES string of the molecule is CC(C)(Br)C(=O)OCC(C)(CO)C(=O)O. The van der Waals surface area contributed by atoms with Gasteiger partial charge in [0.25, 0.3) is 0 Å². The second-order valence-corrected chi connectivity index (χ2v) is 6.06. The molecule has 0 aliphatic rings. The van der Waals surface area contributed by atoms with Crippen molar-refractivity contribution in [3.8, 4) is 0 Å². The number of hydrogen-bond acceptors (Lipinski definition) is 4. The molecular weight excluding hydrogens is 268 g/mol. The van der Waals surface area contributed by atoms with E-state index in [4.69, 9.17) is 14.9 Å². The number of rotatable bonds is 5. The number of carboxylic acid groups (broad SMARTS) is 1. The predicted octanol–water partition coefficient (Wildman–Crippen LogP) is 0.786. The van der Waals surface area contributed by atoms with Crippen LogP contribution in [0.1, 0.15) is 20.8 Å². The molecule has 0 bridgehead atoms. The summed E-state index contributed by atoms with van der Waals surface area (Å²) in [7, 11) is 0. The lowest BCUT2D eigenvalue weighted by Crippen LogP contribution is -2.39. The number of hydrogen-bond donors (Lipinski definition) is 2. The fraction of sp³-hybridized carbons (Fsp3) is 0.778. The Morgan fingerprint density at radius 3 is 2.07 bits per heavy atom. The fourth-order valence-corrected chi connectivity index (χ4v) is 0.686. The number of halogens is 1. The minimum atomic E-state index is -1.45. The number of carbonyl (C=O) groups is 2. The van der Waals surface area contributed by atoms with E-state index in [2.05, 4.69) is 15.9 Å². The standard InChI is InChI=1S/C9H15BrO5/c1-8(2,10)7(14)15-5-9(3,4-11)6(12)13/h11H,4-5H2,1-3H3,(H,12,13). The van der Waals surface area contributed by atoms with Gasteiger partial charge in [-0.15, -0.1) is 0 Å². The molecule has 15 heavy (non-hydrogen) atoms. The molecule has 0 aliphatic heterocycles. The third-order valence-corrected chi connectivity index (χ3v) is 2.20. The van der Waals surface area contributed by atoms with Crippen molar-refractivity contribution in [1.82, 2.24) is 0 Å². The number of carbonyl (C=O) groups excluding carboxylic acids is 1. The van der Waals surface area contributed by atoms with Crippen LogP contribution in [0.5, 0.6) is 0 Å². The molecule has 1 atom stereocenters. The molecule has 0 aromatic heterocycles. The average molecular weight is 283 g/mol. The maximum Gasteiger partial charge on any atom is 0.322 e. The van der Waals surface area contributed by atoms with Crippen LogP contribution >= 0.6 is 15.9 Å². The van der Waals surface area contributed by atoms with E-state index in [9.17, 15) is 9.59 Å². The van der Waals surface area contributed by atoms with Crippen molar-refractivity contribution in [3.05, 3.63) is 0 Å². The number of aliphatic carboxylic acids is 1. The van der Waals surface area contributed by atoms with Crippen LogP contribution in [0.3, 0.4) is 0 Å². The second kappa shape index (κ2) is 4.94. The highest BCUT2D eigenvalue weighted by molar-refractivity contribution is 9.10. The minimum Gasteiger partial charge on any atom is -0.481 e. The summed E-state index contributed by atoms with van der Waals surface area (Å²) in [4.78, 5) is 22.1. The van der Waals surface area contributed by atoms with Crippen LogP contribution in [0.15, 0.2) is 0 Å². The van der Waals surface area contributed by atoms with Crippen LogP contribution in [-0.2, 0) is 14.3 Å². The van der Waals surface area contributed by atoms with E-state index < -0.39 is 28.3 Å². The number of alkyl halides is 1. The van der Waals surface area contributed by atoms with Gasteiger partial charge in [0, 0.05) is 0 Å². The van der Waals surface area contributed by atoms with E-state index in [1.54, 1.807) is 13.8 Å². The zero-order valence-corrected chi connectivity index (χ0v) is 10.5. The van der Waals surface area contributed by atoms with Gasteiger partial charge in [0.15, 0.2) is 0 Å². The lowest BCUT2D eigenvalue weighted by atomic mass is 9.93. The number of esters is 1. The van der Waals surface area contributed by atoms with E-state index >= 15 is 0 Å². The van der Waals surface area contributed by atoms with Gasteiger partial charge in [-0.05, 0) is 20.8 Å². The van der Waals surface area contributed by atoms with Crippen molar-refractivity contribution in [1.29, 1.82) is 0 Å². The van der Waals surface area contributed by atoms with Crippen LogP contribution in [0.4, 0.5) is 0 Å². The van der Waals surface area contributed by atoms with Crippen LogP contribution < -0.4 is 0 Å². The number of aliphatic hydroxyl groups excluding tert-OH is 1. The molecule has 0 saturated heterocycles. The molecule has 0 radical (unpaired) electrons. The molecule has 0 amide bonds. The summed E-state index contributed by atoms with van der Waals surface area (Å²) in [6, 6.07) is 0. The average Bonchev–Trinajstić information content (AvgIpc) is 2.11. The Bertz CT molecular complexity index is 258. The van der Waals surface area contributed by atoms with E-state index in [-0.39, 0.29) is 6.61 Å². The Labute approximate surface area is 96.6 Å². The van der Waals surface area contributed by atoms with Crippen molar-refractivity contribution in [3.63, 3.8) is 0 Å². The summed E-state index contributed by atoms with van der Waals surface area (Å²) < 4.78 is 3.94. The van der Waals surface area contributed by atoms with Crippen molar-refractivity contribution < 1.29 is 24.5 Å². The second-order valence-electron chi connectivity index (χ2n) is 4.07. The van der Waals surface area contributed by atoms with Gasteiger partial charge in [0.05, 0.1) is 6.61 Å². The summed E-state index contributed by atoms with van der Waals surface area (Å²) >= 11 is 3.09. The van der Waals surface area contributed by atoms with Crippen LogP contribution in [0, 0.1) is 5.41 Å². The molecule has 0 aromatic rings. The fourth-order valence-electron chi connectivity index (χ4n) is 0.571. The maximum absolute atomic E-state index is 11.3. The van der Waals surface area contributed by atoms with E-state index in [0.29, 0.717) is 0 Å². The van der Waals surface area contributed by atoms with Gasteiger partial charge in [-0.25, -0.2) is 0 Å². The van der Waals surface area contributed by atoms with Crippen molar-refractivity contribution in [2.45, 2.75) is 25.1 Å². The topological polar surface area (TPSA) is 83.8 Å². The Kier molecular flexibility index (Phi) is 4.73. The first-order valence-corrected chi connectivity index (χ1v) is 5.13. The summed E-state index contributed by atoms with van der Waals surface area (Å²) in [5, 5.41) is 17.7. The largest absolute Gasteiger partial charge is 0.481 e. The first-order chi connectivity index (χ1) is 6.63. The molecule has 0 rings (SSSR count). The van der Waals surface area contributed by atoms with Crippen LogP contribution in [0.2, 0.25) is 0 Å². The molecule has 0 saturated carbocycles. The number of carboxylic acids is 1. The Morgan fingerprint density at radius 1 is 1.33 bits per heavy atom. The van der Waals surface area contributed by atoms with Gasteiger partial charge < -0.3 is 14.9 Å². The predicted molar refractivity (Wildman–Crippen MR) is 56.8 cm³/mol.